The Morgan fingerprint density at radius 2 is 2.25 bits per heavy atom. The molecule has 6 heteroatoms. The van der Waals surface area contributed by atoms with Gasteiger partial charge in [0.05, 0.1) is 12.3 Å². The van der Waals surface area contributed by atoms with Crippen LogP contribution < -0.4 is 15.8 Å². The Kier molecular flexibility index (Phi) is 6.97. The third kappa shape index (κ3) is 5.14. The number of hydrogen-bond donors (Lipinski definition) is 2. The van der Waals surface area contributed by atoms with Crippen molar-refractivity contribution in [3.8, 4) is 5.75 Å². The highest BCUT2D eigenvalue weighted by molar-refractivity contribution is 5.79. The maximum absolute atomic E-state index is 11.3. The van der Waals surface area contributed by atoms with Gasteiger partial charge in [0.15, 0.2) is 6.10 Å². The van der Waals surface area contributed by atoms with Gasteiger partial charge in [0.2, 0.25) is 0 Å². The number of rotatable bonds is 9. The van der Waals surface area contributed by atoms with E-state index < -0.39 is 12.0 Å². The van der Waals surface area contributed by atoms with Crippen molar-refractivity contribution in [2.75, 3.05) is 20.3 Å². The number of nitrogens with zero attached hydrogens (tertiary/aromatic N) is 1. The second-order valence-electron chi connectivity index (χ2n) is 4.48. The average Bonchev–Trinajstić information content (AvgIpc) is 2.42. The van der Waals surface area contributed by atoms with Gasteiger partial charge in [-0.15, -0.1) is 0 Å². The van der Waals surface area contributed by atoms with Crippen LogP contribution in [0.3, 0.4) is 0 Å². The Hall–Kier alpha value is -1.66. The van der Waals surface area contributed by atoms with Crippen LogP contribution in [0.2, 0.25) is 0 Å². The fourth-order valence-electron chi connectivity index (χ4n) is 1.71. The number of aromatic nitrogens is 1. The Morgan fingerprint density at radius 3 is 2.85 bits per heavy atom. The molecule has 112 valence electrons. The summed E-state index contributed by atoms with van der Waals surface area (Å²) in [5, 5.41) is 3.21. The molecule has 6 nitrogen and oxygen atoms in total. The number of pyridine rings is 1. The van der Waals surface area contributed by atoms with Crippen molar-refractivity contribution in [3.05, 3.63) is 23.5 Å². The summed E-state index contributed by atoms with van der Waals surface area (Å²) in [5.41, 5.74) is 6.96. The first kappa shape index (κ1) is 16.4. The number of carbonyl (C=O) groups excluding carboxylic acids is 1. The highest BCUT2D eigenvalue weighted by atomic mass is 16.5. The highest BCUT2D eigenvalue weighted by Gasteiger charge is 2.17. The molecule has 0 aliphatic heterocycles. The molecule has 0 saturated heterocycles. The van der Waals surface area contributed by atoms with E-state index in [0.29, 0.717) is 25.3 Å². The maximum atomic E-state index is 11.3. The molecule has 1 heterocycles. The fourth-order valence-corrected chi connectivity index (χ4v) is 1.71. The average molecular weight is 281 g/mol. The molecule has 0 saturated carbocycles. The molecule has 0 aliphatic carbocycles. The summed E-state index contributed by atoms with van der Waals surface area (Å²) >= 11 is 0. The molecular formula is C14H23N3O3. The Labute approximate surface area is 119 Å². The molecule has 0 aliphatic rings. The highest BCUT2D eigenvalue weighted by Crippen LogP contribution is 2.19. The number of aryl methyl sites for hydroxylation is 1. The monoisotopic (exact) mass is 281 g/mol. The quantitative estimate of drug-likeness (QED) is 0.653. The molecule has 3 N–H and O–H groups in total. The Bertz CT molecular complexity index is 438. The van der Waals surface area contributed by atoms with Crippen molar-refractivity contribution >= 4 is 5.91 Å². The van der Waals surface area contributed by atoms with Gasteiger partial charge in [-0.2, -0.15) is 0 Å². The standard InChI is InChI=1S/C14H23N3O3/c1-4-12(14(15)18)20-13-6-5-10(2)17-11(13)9-16-7-8-19-3/h5-6,12,16H,4,7-9H2,1-3H3,(H2,15,18). The van der Waals surface area contributed by atoms with Crippen LogP contribution in [0.5, 0.6) is 5.75 Å². The molecular weight excluding hydrogens is 258 g/mol. The Morgan fingerprint density at radius 1 is 1.50 bits per heavy atom. The zero-order chi connectivity index (χ0) is 15.0. The third-order valence-electron chi connectivity index (χ3n) is 2.80. The van der Waals surface area contributed by atoms with E-state index in [4.69, 9.17) is 15.2 Å². The summed E-state index contributed by atoms with van der Waals surface area (Å²) in [4.78, 5) is 15.7. The van der Waals surface area contributed by atoms with E-state index in [9.17, 15) is 4.79 Å². The van der Waals surface area contributed by atoms with Crippen LogP contribution in [0, 0.1) is 6.92 Å². The maximum Gasteiger partial charge on any atom is 0.258 e. The van der Waals surface area contributed by atoms with Gasteiger partial charge in [-0.05, 0) is 25.5 Å². The number of amides is 1. The van der Waals surface area contributed by atoms with Gasteiger partial charge in [0.25, 0.3) is 5.91 Å². The zero-order valence-corrected chi connectivity index (χ0v) is 12.3. The van der Waals surface area contributed by atoms with E-state index in [-0.39, 0.29) is 0 Å². The normalized spacial score (nSPS) is 12.2. The predicted octanol–water partition coefficient (Wildman–Crippen LogP) is 0.769. The topological polar surface area (TPSA) is 86.5 Å². The predicted molar refractivity (Wildman–Crippen MR) is 76.5 cm³/mol. The number of methoxy groups -OCH3 is 1. The summed E-state index contributed by atoms with van der Waals surface area (Å²) in [6, 6.07) is 3.67. The number of nitrogens with one attached hydrogen (secondary N) is 1. The first-order valence-electron chi connectivity index (χ1n) is 6.70. The lowest BCUT2D eigenvalue weighted by Gasteiger charge is -2.17. The van der Waals surface area contributed by atoms with Crippen LogP contribution >= 0.6 is 0 Å². The van der Waals surface area contributed by atoms with Crippen LogP contribution in [0.25, 0.3) is 0 Å². The minimum Gasteiger partial charge on any atom is -0.479 e. The van der Waals surface area contributed by atoms with Gasteiger partial charge >= 0.3 is 0 Å². The van der Waals surface area contributed by atoms with Gasteiger partial charge in [0, 0.05) is 25.9 Å². The van der Waals surface area contributed by atoms with E-state index in [1.807, 2.05) is 26.0 Å². The van der Waals surface area contributed by atoms with E-state index in [1.54, 1.807) is 7.11 Å². The van der Waals surface area contributed by atoms with Crippen molar-refractivity contribution in [3.63, 3.8) is 0 Å². The molecule has 1 rings (SSSR count). The van der Waals surface area contributed by atoms with E-state index in [0.717, 1.165) is 17.9 Å². The molecule has 1 amide bonds. The van der Waals surface area contributed by atoms with Crippen LogP contribution in [0.4, 0.5) is 0 Å². The summed E-state index contributed by atoms with van der Waals surface area (Å²) in [6.07, 6.45) is -0.100. The molecule has 0 fully saturated rings. The van der Waals surface area contributed by atoms with E-state index in [1.165, 1.54) is 0 Å². The molecule has 0 bridgehead atoms. The molecule has 1 aromatic heterocycles. The van der Waals surface area contributed by atoms with Gasteiger partial charge in [-0.3, -0.25) is 9.78 Å². The van der Waals surface area contributed by atoms with Crippen molar-refractivity contribution < 1.29 is 14.3 Å². The number of nitrogens with two attached hydrogens (primary N) is 1. The van der Waals surface area contributed by atoms with Crippen LogP contribution in [0.15, 0.2) is 12.1 Å². The molecule has 1 atom stereocenters. The molecule has 20 heavy (non-hydrogen) atoms. The third-order valence-corrected chi connectivity index (χ3v) is 2.80. The van der Waals surface area contributed by atoms with Crippen molar-refractivity contribution in [1.82, 2.24) is 10.3 Å². The lowest BCUT2D eigenvalue weighted by atomic mass is 10.2. The minimum absolute atomic E-state index is 0.466. The smallest absolute Gasteiger partial charge is 0.258 e. The van der Waals surface area contributed by atoms with Gasteiger partial charge < -0.3 is 20.5 Å². The lowest BCUT2D eigenvalue weighted by Crippen LogP contribution is -2.33. The van der Waals surface area contributed by atoms with Crippen LogP contribution in [-0.2, 0) is 16.1 Å². The van der Waals surface area contributed by atoms with E-state index >= 15 is 0 Å². The van der Waals surface area contributed by atoms with Crippen LogP contribution in [0.1, 0.15) is 24.7 Å². The molecule has 1 unspecified atom stereocenters. The van der Waals surface area contributed by atoms with E-state index in [2.05, 4.69) is 10.3 Å². The van der Waals surface area contributed by atoms with Gasteiger partial charge in [-0.25, -0.2) is 0 Å². The number of ether oxygens (including phenoxy) is 2. The summed E-state index contributed by atoms with van der Waals surface area (Å²) in [5.74, 6) is 0.123. The first-order valence-corrected chi connectivity index (χ1v) is 6.70. The van der Waals surface area contributed by atoms with Gasteiger partial charge in [-0.1, -0.05) is 6.92 Å². The molecule has 0 spiro atoms. The van der Waals surface area contributed by atoms with Crippen molar-refractivity contribution in [2.24, 2.45) is 5.73 Å². The number of carbonyl (C=O) groups is 1. The lowest BCUT2D eigenvalue weighted by molar-refractivity contribution is -0.124. The summed E-state index contributed by atoms with van der Waals surface area (Å²) < 4.78 is 10.6. The first-order chi connectivity index (χ1) is 9.58. The Balaban J connectivity index is 2.75. The number of hydrogen-bond acceptors (Lipinski definition) is 5. The summed E-state index contributed by atoms with van der Waals surface area (Å²) in [6.45, 7) is 5.66. The minimum atomic E-state index is -0.628. The fraction of sp³-hybridized carbons (Fsp3) is 0.571. The largest absolute Gasteiger partial charge is 0.479 e. The second-order valence-corrected chi connectivity index (χ2v) is 4.48. The van der Waals surface area contributed by atoms with Crippen molar-refractivity contribution in [1.29, 1.82) is 0 Å². The molecule has 0 radical (unpaired) electrons. The molecule has 1 aromatic rings. The van der Waals surface area contributed by atoms with Crippen molar-refractivity contribution in [2.45, 2.75) is 32.9 Å². The number of primary amides is 1. The SMILES string of the molecule is CCC(Oc1ccc(C)nc1CNCCOC)C(N)=O. The van der Waals surface area contributed by atoms with Gasteiger partial charge in [0.1, 0.15) is 5.75 Å². The zero-order valence-electron chi connectivity index (χ0n) is 12.3. The molecule has 0 aromatic carbocycles. The second kappa shape index (κ2) is 8.50. The van der Waals surface area contributed by atoms with Crippen LogP contribution in [-0.4, -0.2) is 37.3 Å². The summed E-state index contributed by atoms with van der Waals surface area (Å²) in [7, 11) is 1.65.